The fourth-order valence-corrected chi connectivity index (χ4v) is 10.2. The Hall–Kier alpha value is -1.86. The quantitative estimate of drug-likeness (QED) is 0.0195. The molecule has 0 bridgehead atoms. The Kier molecular flexibility index (Phi) is 51.3. The maximum atomic E-state index is 13.0. The maximum Gasteiger partial charge on any atom is 0.305 e. The van der Waals surface area contributed by atoms with E-state index < -0.39 is 49.5 Å². The van der Waals surface area contributed by atoms with Gasteiger partial charge in [0, 0.05) is 12.8 Å². The number of rotatable bonds is 56. The third-order valence-corrected chi connectivity index (χ3v) is 15.3. The van der Waals surface area contributed by atoms with Crippen LogP contribution >= 0.6 is 0 Å². The summed E-state index contributed by atoms with van der Waals surface area (Å²) in [5.41, 5.74) is 0. The molecule has 1 amide bonds. The van der Waals surface area contributed by atoms with Crippen LogP contribution in [0.2, 0.25) is 0 Å². The van der Waals surface area contributed by atoms with E-state index in [4.69, 9.17) is 14.2 Å². The molecular formula is C64H121NO10. The molecule has 0 radical (unpaired) electrons. The molecule has 11 nitrogen and oxygen atoms in total. The van der Waals surface area contributed by atoms with Crippen molar-refractivity contribution in [1.29, 1.82) is 0 Å². The zero-order chi connectivity index (χ0) is 54.5. The number of carbonyl (C=O) groups is 2. The predicted octanol–water partition coefficient (Wildman–Crippen LogP) is 15.3. The third-order valence-electron chi connectivity index (χ3n) is 15.3. The van der Waals surface area contributed by atoms with E-state index in [1.54, 1.807) is 6.08 Å². The SMILES string of the molecule is CCCCCCCCCC/C=C/C(O)C(COC1OC(CO)C(O)C(O)C1O)NC(=O)CCCCCCCCCCCC/C=C\CCCCCCCCCCCCCCOC(=O)CCCCCCCCCCCCC. The van der Waals surface area contributed by atoms with Gasteiger partial charge in [0.2, 0.25) is 5.91 Å². The summed E-state index contributed by atoms with van der Waals surface area (Å²) in [5, 5.41) is 54.3. The van der Waals surface area contributed by atoms with Crippen LogP contribution in [0.15, 0.2) is 24.3 Å². The number of ether oxygens (including phenoxy) is 3. The molecule has 75 heavy (non-hydrogen) atoms. The lowest BCUT2D eigenvalue weighted by molar-refractivity contribution is -0.302. The van der Waals surface area contributed by atoms with Crippen molar-refractivity contribution in [1.82, 2.24) is 5.32 Å². The number of hydrogen-bond acceptors (Lipinski definition) is 10. The van der Waals surface area contributed by atoms with Gasteiger partial charge in [0.25, 0.3) is 0 Å². The average Bonchev–Trinajstić information content (AvgIpc) is 3.41. The number of carbonyl (C=O) groups excluding carboxylic acids is 2. The van der Waals surface area contributed by atoms with E-state index in [1.807, 2.05) is 6.08 Å². The Balaban J connectivity index is 1.99. The van der Waals surface area contributed by atoms with Crippen molar-refractivity contribution >= 4 is 11.9 Å². The van der Waals surface area contributed by atoms with E-state index in [9.17, 15) is 35.1 Å². The van der Waals surface area contributed by atoms with Crippen LogP contribution in [-0.2, 0) is 23.8 Å². The van der Waals surface area contributed by atoms with E-state index in [0.29, 0.717) is 19.4 Å². The van der Waals surface area contributed by atoms with E-state index >= 15 is 0 Å². The summed E-state index contributed by atoms with van der Waals surface area (Å²) in [5.74, 6) is -0.180. The number of esters is 1. The molecule has 442 valence electrons. The lowest BCUT2D eigenvalue weighted by atomic mass is 9.99. The number of amides is 1. The van der Waals surface area contributed by atoms with Crippen LogP contribution in [0, 0.1) is 0 Å². The molecule has 7 unspecified atom stereocenters. The zero-order valence-corrected chi connectivity index (χ0v) is 48.8. The van der Waals surface area contributed by atoms with Crippen LogP contribution in [0.4, 0.5) is 0 Å². The van der Waals surface area contributed by atoms with Crippen LogP contribution in [0.25, 0.3) is 0 Å². The number of nitrogens with one attached hydrogen (secondary N) is 1. The summed E-state index contributed by atoms with van der Waals surface area (Å²) >= 11 is 0. The first-order valence-electron chi connectivity index (χ1n) is 32.1. The molecule has 0 aromatic carbocycles. The number of aliphatic hydroxyl groups is 5. The smallest absolute Gasteiger partial charge is 0.305 e. The molecule has 11 heteroatoms. The highest BCUT2D eigenvalue weighted by Crippen LogP contribution is 2.23. The highest BCUT2D eigenvalue weighted by atomic mass is 16.7. The standard InChI is InChI=1S/C64H121NO10/c1-3-5-7-9-11-13-31-36-40-44-48-52-60(69)73-53-49-45-41-37-33-30-28-26-24-22-20-18-16-15-17-19-21-23-25-27-29-32-35-39-43-47-51-59(68)65-56(55-74-64-63(72)62(71)61(70)58(54-66)75-64)57(67)50-46-42-38-34-14-12-10-8-6-4-2/h15,17,46,50,56-58,61-64,66-67,70-72H,3-14,16,18-45,47-49,51-55H2,1-2H3,(H,65,68)/b17-15-,50-46+. The van der Waals surface area contributed by atoms with E-state index in [0.717, 1.165) is 57.8 Å². The minimum atomic E-state index is -1.57. The highest BCUT2D eigenvalue weighted by Gasteiger charge is 2.44. The second-order valence-corrected chi connectivity index (χ2v) is 22.5. The van der Waals surface area contributed by atoms with Crippen molar-refractivity contribution in [3.63, 3.8) is 0 Å². The third kappa shape index (κ3) is 43.7. The molecule has 1 rings (SSSR count). The summed E-state index contributed by atoms with van der Waals surface area (Å²) < 4.78 is 16.7. The summed E-state index contributed by atoms with van der Waals surface area (Å²) in [6.45, 7) is 4.34. The maximum absolute atomic E-state index is 13.0. The largest absolute Gasteiger partial charge is 0.466 e. The first-order chi connectivity index (χ1) is 36.7. The zero-order valence-electron chi connectivity index (χ0n) is 48.8. The van der Waals surface area contributed by atoms with Gasteiger partial charge in [-0.1, -0.05) is 263 Å². The molecule has 0 saturated carbocycles. The van der Waals surface area contributed by atoms with E-state index in [1.165, 1.54) is 225 Å². The van der Waals surface area contributed by atoms with Gasteiger partial charge in [-0.2, -0.15) is 0 Å². The van der Waals surface area contributed by atoms with Gasteiger partial charge in [-0.3, -0.25) is 9.59 Å². The lowest BCUT2D eigenvalue weighted by Crippen LogP contribution is -2.60. The molecule has 6 N–H and O–H groups in total. The number of aliphatic hydroxyl groups excluding tert-OH is 5. The average molecular weight is 1060 g/mol. The van der Waals surface area contributed by atoms with Crippen molar-refractivity contribution in [3.8, 4) is 0 Å². The minimum absolute atomic E-state index is 0.00412. The molecule has 0 aromatic rings. The molecule has 1 saturated heterocycles. The van der Waals surface area contributed by atoms with Crippen molar-refractivity contribution in [2.75, 3.05) is 19.8 Å². The first kappa shape index (κ1) is 71.2. The molecule has 1 aliphatic rings. The monoisotopic (exact) mass is 1060 g/mol. The highest BCUT2D eigenvalue weighted by molar-refractivity contribution is 5.76. The van der Waals surface area contributed by atoms with Crippen molar-refractivity contribution in [3.05, 3.63) is 24.3 Å². The van der Waals surface area contributed by atoms with Crippen LogP contribution in [0.5, 0.6) is 0 Å². The topological polar surface area (TPSA) is 175 Å². The molecule has 0 spiro atoms. The summed E-state index contributed by atoms with van der Waals surface area (Å²) in [7, 11) is 0. The fraction of sp³-hybridized carbons (Fsp3) is 0.906. The Morgan fingerprint density at radius 3 is 1.28 bits per heavy atom. The fourth-order valence-electron chi connectivity index (χ4n) is 10.2. The van der Waals surface area contributed by atoms with Gasteiger partial charge in [-0.05, 0) is 57.8 Å². The predicted molar refractivity (Wildman–Crippen MR) is 311 cm³/mol. The molecule has 1 heterocycles. The number of hydrogen-bond donors (Lipinski definition) is 6. The molecule has 0 aliphatic carbocycles. The van der Waals surface area contributed by atoms with Crippen LogP contribution in [-0.4, -0.2) is 100 Å². The van der Waals surface area contributed by atoms with Gasteiger partial charge < -0.3 is 45.1 Å². The van der Waals surface area contributed by atoms with Gasteiger partial charge in [0.15, 0.2) is 6.29 Å². The van der Waals surface area contributed by atoms with Crippen LogP contribution < -0.4 is 5.32 Å². The summed E-state index contributed by atoms with van der Waals surface area (Å²) in [6, 6.07) is -0.810. The Labute approximate surface area is 461 Å². The Morgan fingerprint density at radius 1 is 0.480 bits per heavy atom. The van der Waals surface area contributed by atoms with Gasteiger partial charge in [-0.15, -0.1) is 0 Å². The van der Waals surface area contributed by atoms with E-state index in [2.05, 4.69) is 31.3 Å². The Morgan fingerprint density at radius 2 is 0.853 bits per heavy atom. The van der Waals surface area contributed by atoms with Crippen molar-refractivity contribution in [2.24, 2.45) is 0 Å². The molecule has 1 fully saturated rings. The minimum Gasteiger partial charge on any atom is -0.466 e. The second kappa shape index (κ2) is 54.1. The van der Waals surface area contributed by atoms with Gasteiger partial charge >= 0.3 is 5.97 Å². The van der Waals surface area contributed by atoms with Gasteiger partial charge in [0.05, 0.1) is 32.0 Å². The number of unbranched alkanes of at least 4 members (excludes halogenated alkanes) is 40. The lowest BCUT2D eigenvalue weighted by Gasteiger charge is -2.40. The van der Waals surface area contributed by atoms with Crippen LogP contribution in [0.3, 0.4) is 0 Å². The van der Waals surface area contributed by atoms with Crippen molar-refractivity contribution in [2.45, 2.75) is 352 Å². The summed E-state index contributed by atoms with van der Waals surface area (Å²) in [4.78, 5) is 25.0. The van der Waals surface area contributed by atoms with Crippen molar-refractivity contribution < 1.29 is 49.3 Å². The van der Waals surface area contributed by atoms with Crippen LogP contribution in [0.1, 0.15) is 309 Å². The van der Waals surface area contributed by atoms with Gasteiger partial charge in [-0.25, -0.2) is 0 Å². The molecule has 7 atom stereocenters. The molecule has 0 aromatic heterocycles. The first-order valence-corrected chi connectivity index (χ1v) is 32.1. The normalized spacial score (nSPS) is 18.8. The number of allylic oxidation sites excluding steroid dienone is 3. The molecular weight excluding hydrogens is 943 g/mol. The Bertz CT molecular complexity index is 1300. The molecule has 1 aliphatic heterocycles. The summed E-state index contributed by atoms with van der Waals surface area (Å²) in [6.07, 6.45) is 55.8. The van der Waals surface area contributed by atoms with Gasteiger partial charge in [0.1, 0.15) is 24.4 Å². The second-order valence-electron chi connectivity index (χ2n) is 22.5. The van der Waals surface area contributed by atoms with E-state index in [-0.39, 0.29) is 18.5 Å².